The van der Waals surface area contributed by atoms with E-state index in [-0.39, 0.29) is 18.6 Å². The molecule has 0 spiro atoms. The number of aldehydes is 1. The molecule has 0 unspecified atom stereocenters. The molecule has 0 fully saturated rings. The first kappa shape index (κ1) is 10.7. The van der Waals surface area contributed by atoms with Crippen molar-refractivity contribution in [2.45, 2.75) is 19.9 Å². The molecule has 84 valence electrons. The number of amides is 1. The van der Waals surface area contributed by atoms with Crippen LogP contribution in [0.25, 0.3) is 0 Å². The molecule has 1 aromatic rings. The highest BCUT2D eigenvalue weighted by Gasteiger charge is 2.27. The van der Waals surface area contributed by atoms with Crippen molar-refractivity contribution in [1.29, 1.82) is 0 Å². The lowest BCUT2D eigenvalue weighted by molar-refractivity contribution is -0.121. The molecular formula is C12H13NO3. The normalized spacial score (nSPS) is 14.7. The van der Waals surface area contributed by atoms with Crippen LogP contribution in [0.15, 0.2) is 18.2 Å². The number of hydrogen-bond acceptors (Lipinski definition) is 3. The Morgan fingerprint density at radius 3 is 2.81 bits per heavy atom. The van der Waals surface area contributed by atoms with E-state index in [9.17, 15) is 9.59 Å². The van der Waals surface area contributed by atoms with Crippen LogP contribution < -0.4 is 9.64 Å². The Kier molecular flexibility index (Phi) is 2.64. The second kappa shape index (κ2) is 3.96. The van der Waals surface area contributed by atoms with E-state index >= 15 is 0 Å². The summed E-state index contributed by atoms with van der Waals surface area (Å²) in [5, 5.41) is 0. The van der Waals surface area contributed by atoms with Crippen molar-refractivity contribution in [3.8, 4) is 5.75 Å². The Labute approximate surface area is 93.8 Å². The number of anilines is 1. The van der Waals surface area contributed by atoms with Gasteiger partial charge in [0.1, 0.15) is 12.0 Å². The number of ether oxygens (including phenoxy) is 1. The molecule has 0 atom stereocenters. The van der Waals surface area contributed by atoms with E-state index in [2.05, 4.69) is 0 Å². The van der Waals surface area contributed by atoms with Gasteiger partial charge in [0.2, 0.25) is 0 Å². The minimum Gasteiger partial charge on any atom is -0.482 e. The molecule has 1 amide bonds. The maximum atomic E-state index is 11.7. The van der Waals surface area contributed by atoms with E-state index in [1.807, 2.05) is 13.8 Å². The summed E-state index contributed by atoms with van der Waals surface area (Å²) in [7, 11) is 0. The first-order chi connectivity index (χ1) is 7.63. The Morgan fingerprint density at radius 2 is 2.19 bits per heavy atom. The fourth-order valence-corrected chi connectivity index (χ4v) is 1.83. The van der Waals surface area contributed by atoms with E-state index in [0.29, 0.717) is 17.0 Å². The van der Waals surface area contributed by atoms with Crippen LogP contribution in [0.4, 0.5) is 5.69 Å². The fourth-order valence-electron chi connectivity index (χ4n) is 1.83. The zero-order chi connectivity index (χ0) is 11.7. The third-order valence-electron chi connectivity index (χ3n) is 2.51. The van der Waals surface area contributed by atoms with Gasteiger partial charge in [0, 0.05) is 11.6 Å². The summed E-state index contributed by atoms with van der Waals surface area (Å²) < 4.78 is 5.31. The van der Waals surface area contributed by atoms with E-state index in [0.717, 1.165) is 6.29 Å². The summed E-state index contributed by atoms with van der Waals surface area (Å²) in [6, 6.07) is 5.14. The zero-order valence-electron chi connectivity index (χ0n) is 9.27. The highest BCUT2D eigenvalue weighted by molar-refractivity contribution is 5.99. The van der Waals surface area contributed by atoms with Crippen molar-refractivity contribution in [3.63, 3.8) is 0 Å². The minimum atomic E-state index is -0.0782. The largest absolute Gasteiger partial charge is 0.482 e. The van der Waals surface area contributed by atoms with Crippen LogP contribution in [-0.2, 0) is 4.79 Å². The van der Waals surface area contributed by atoms with Crippen molar-refractivity contribution in [2.24, 2.45) is 0 Å². The van der Waals surface area contributed by atoms with Gasteiger partial charge in [-0.25, -0.2) is 0 Å². The second-order valence-corrected chi connectivity index (χ2v) is 3.99. The Morgan fingerprint density at radius 1 is 1.44 bits per heavy atom. The van der Waals surface area contributed by atoms with Gasteiger partial charge in [-0.15, -0.1) is 0 Å². The molecule has 0 aromatic heterocycles. The van der Waals surface area contributed by atoms with Crippen LogP contribution in [0.2, 0.25) is 0 Å². The van der Waals surface area contributed by atoms with Crippen molar-refractivity contribution in [1.82, 2.24) is 0 Å². The molecule has 4 heteroatoms. The predicted molar refractivity (Wildman–Crippen MR) is 59.9 cm³/mol. The van der Waals surface area contributed by atoms with Crippen molar-refractivity contribution < 1.29 is 14.3 Å². The van der Waals surface area contributed by atoms with Gasteiger partial charge in [0.15, 0.2) is 6.61 Å². The maximum absolute atomic E-state index is 11.7. The lowest BCUT2D eigenvalue weighted by Crippen LogP contribution is -2.43. The third kappa shape index (κ3) is 1.66. The van der Waals surface area contributed by atoms with Crippen molar-refractivity contribution in [2.75, 3.05) is 11.5 Å². The van der Waals surface area contributed by atoms with Crippen LogP contribution in [-0.4, -0.2) is 24.8 Å². The monoisotopic (exact) mass is 219 g/mol. The number of benzene rings is 1. The van der Waals surface area contributed by atoms with Gasteiger partial charge in [0.25, 0.3) is 5.91 Å². The van der Waals surface area contributed by atoms with Crippen LogP contribution >= 0.6 is 0 Å². The van der Waals surface area contributed by atoms with Crippen LogP contribution in [0.3, 0.4) is 0 Å². The molecule has 1 aliphatic rings. The van der Waals surface area contributed by atoms with Crippen molar-refractivity contribution in [3.05, 3.63) is 23.8 Å². The third-order valence-corrected chi connectivity index (χ3v) is 2.51. The summed E-state index contributed by atoms with van der Waals surface area (Å²) in [6.45, 7) is 3.92. The molecule has 0 radical (unpaired) electrons. The van der Waals surface area contributed by atoms with E-state index in [4.69, 9.17) is 4.74 Å². The molecule has 0 N–H and O–H groups in total. The summed E-state index contributed by atoms with van der Waals surface area (Å²) >= 11 is 0. The molecule has 1 aliphatic heterocycles. The van der Waals surface area contributed by atoms with Crippen molar-refractivity contribution >= 4 is 17.9 Å². The summed E-state index contributed by atoms with van der Waals surface area (Å²) in [4.78, 5) is 24.1. The standard InChI is InChI=1S/C12H13NO3/c1-8(2)13-10-5-9(6-14)3-4-11(10)16-7-12(13)15/h3-6,8H,7H2,1-2H3. The van der Waals surface area contributed by atoms with E-state index in [1.54, 1.807) is 23.1 Å². The lowest BCUT2D eigenvalue weighted by Gasteiger charge is -2.32. The smallest absolute Gasteiger partial charge is 0.265 e. The molecule has 1 aromatic carbocycles. The summed E-state index contributed by atoms with van der Waals surface area (Å²) in [6.07, 6.45) is 0.762. The molecule has 2 rings (SSSR count). The minimum absolute atomic E-state index is 0.0528. The average molecular weight is 219 g/mol. The van der Waals surface area contributed by atoms with Crippen LogP contribution in [0.5, 0.6) is 5.75 Å². The molecular weight excluding hydrogens is 206 g/mol. The highest BCUT2D eigenvalue weighted by Crippen LogP contribution is 2.33. The quantitative estimate of drug-likeness (QED) is 0.710. The molecule has 0 saturated heterocycles. The molecule has 16 heavy (non-hydrogen) atoms. The zero-order valence-corrected chi connectivity index (χ0v) is 9.27. The van der Waals surface area contributed by atoms with Crippen LogP contribution in [0.1, 0.15) is 24.2 Å². The summed E-state index contributed by atoms with van der Waals surface area (Å²) in [5.74, 6) is 0.574. The Bertz CT molecular complexity index is 440. The topological polar surface area (TPSA) is 46.6 Å². The highest BCUT2D eigenvalue weighted by atomic mass is 16.5. The summed E-state index contributed by atoms with van der Waals surface area (Å²) in [5.41, 5.74) is 1.22. The molecule has 4 nitrogen and oxygen atoms in total. The molecule has 0 bridgehead atoms. The van der Waals surface area contributed by atoms with Gasteiger partial charge in [-0.05, 0) is 32.0 Å². The average Bonchev–Trinajstić information content (AvgIpc) is 2.27. The number of fused-ring (bicyclic) bond motifs is 1. The Hall–Kier alpha value is -1.84. The van der Waals surface area contributed by atoms with Gasteiger partial charge in [-0.2, -0.15) is 0 Å². The lowest BCUT2D eigenvalue weighted by atomic mass is 10.1. The number of nitrogens with zero attached hydrogens (tertiary/aromatic N) is 1. The molecule has 0 aliphatic carbocycles. The fraction of sp³-hybridized carbons (Fsp3) is 0.333. The number of rotatable bonds is 2. The first-order valence-electron chi connectivity index (χ1n) is 5.17. The maximum Gasteiger partial charge on any atom is 0.265 e. The van der Waals surface area contributed by atoms with Gasteiger partial charge < -0.3 is 9.64 Å². The number of hydrogen-bond donors (Lipinski definition) is 0. The van der Waals surface area contributed by atoms with Gasteiger partial charge >= 0.3 is 0 Å². The molecule has 0 saturated carbocycles. The SMILES string of the molecule is CC(C)N1C(=O)COc2ccc(C=O)cc21. The molecule has 1 heterocycles. The van der Waals surface area contributed by atoms with E-state index in [1.165, 1.54) is 0 Å². The number of carbonyl (C=O) groups is 2. The Balaban J connectivity index is 2.52. The van der Waals surface area contributed by atoms with Gasteiger partial charge in [-0.3, -0.25) is 9.59 Å². The predicted octanol–water partition coefficient (Wildman–Crippen LogP) is 1.63. The van der Waals surface area contributed by atoms with Gasteiger partial charge in [-0.1, -0.05) is 0 Å². The van der Waals surface area contributed by atoms with E-state index < -0.39 is 0 Å². The van der Waals surface area contributed by atoms with Crippen LogP contribution in [0, 0.1) is 0 Å². The second-order valence-electron chi connectivity index (χ2n) is 3.99. The number of carbonyl (C=O) groups excluding carboxylic acids is 2. The van der Waals surface area contributed by atoms with Gasteiger partial charge in [0.05, 0.1) is 5.69 Å². The first-order valence-corrected chi connectivity index (χ1v) is 5.17.